The molecule has 3 nitrogen and oxygen atoms in total. The first kappa shape index (κ1) is 6.41. The summed E-state index contributed by atoms with van der Waals surface area (Å²) in [6.45, 7) is -0.326. The van der Waals surface area contributed by atoms with Crippen molar-refractivity contribution in [1.29, 1.82) is 5.26 Å². The van der Waals surface area contributed by atoms with Crippen LogP contribution < -0.4 is 0 Å². The zero-order valence-corrected chi connectivity index (χ0v) is 3.83. The van der Waals surface area contributed by atoms with E-state index in [1.807, 2.05) is 0 Å². The second kappa shape index (κ2) is 3.59. The third-order valence-corrected chi connectivity index (χ3v) is 0.538. The van der Waals surface area contributed by atoms with Crippen LogP contribution in [0.5, 0.6) is 0 Å². The maximum absolute atomic E-state index is 8.39. The van der Waals surface area contributed by atoms with Gasteiger partial charge in [-0.3, -0.25) is 0 Å². The Bertz CT molecular complexity index is 76.2. The second-order valence-corrected chi connectivity index (χ2v) is 1.20. The molecule has 0 aliphatic rings. The lowest BCUT2D eigenvalue weighted by Gasteiger charge is -1.95. The highest BCUT2D eigenvalue weighted by Gasteiger charge is 1.96. The number of rotatable bonds is 2. The molecule has 0 aliphatic carbocycles. The Morgan fingerprint density at radius 2 is 2.29 bits per heavy atom. The molecule has 0 rings (SSSR count). The highest BCUT2D eigenvalue weighted by molar-refractivity contribution is 4.73. The molecule has 3 heteroatoms. The van der Waals surface area contributed by atoms with Gasteiger partial charge in [0.2, 0.25) is 0 Å². The number of nitriles is 1. The Hall–Kier alpha value is -0.590. The molecule has 0 amide bonds. The first-order chi connectivity index (χ1) is 3.31. The Kier molecular flexibility index (Phi) is 3.29. The topological polar surface area (TPSA) is 64.2 Å². The molecule has 0 heterocycles. The minimum absolute atomic E-state index is 0.0104. The number of hydrogen-bond donors (Lipinski definition) is 2. The Morgan fingerprint density at radius 1 is 1.71 bits per heavy atom. The Labute approximate surface area is 41.8 Å². The van der Waals surface area contributed by atoms with Crippen molar-refractivity contribution in [1.82, 2.24) is 0 Å². The van der Waals surface area contributed by atoms with Crippen molar-refractivity contribution in [2.75, 3.05) is 6.61 Å². The van der Waals surface area contributed by atoms with Crippen LogP contribution in [0.3, 0.4) is 0 Å². The summed E-state index contributed by atoms with van der Waals surface area (Å²) in [5.74, 6) is 0. The number of aliphatic hydroxyl groups is 2. The summed E-state index contributed by atoms with van der Waals surface area (Å²) in [6, 6.07) is 1.71. The SMILES string of the molecule is N#CC[C@H](O)CO. The lowest BCUT2D eigenvalue weighted by Crippen LogP contribution is -2.09. The zero-order chi connectivity index (χ0) is 5.70. The van der Waals surface area contributed by atoms with E-state index in [1.54, 1.807) is 6.07 Å². The van der Waals surface area contributed by atoms with E-state index in [9.17, 15) is 0 Å². The predicted octanol–water partition coefficient (Wildman–Crippen LogP) is -0.747. The summed E-state index contributed by atoms with van der Waals surface area (Å²) in [6.07, 6.45) is -0.846. The molecule has 40 valence electrons. The van der Waals surface area contributed by atoms with Crippen LogP contribution in [0.25, 0.3) is 0 Å². The molecule has 0 radical (unpaired) electrons. The molecule has 0 spiro atoms. The molecule has 2 N–H and O–H groups in total. The number of nitrogens with zero attached hydrogens (tertiary/aromatic N) is 1. The third-order valence-electron chi connectivity index (χ3n) is 0.538. The van der Waals surface area contributed by atoms with Gasteiger partial charge in [-0.2, -0.15) is 5.26 Å². The lowest BCUT2D eigenvalue weighted by molar-refractivity contribution is 0.0989. The highest BCUT2D eigenvalue weighted by atomic mass is 16.3. The van der Waals surface area contributed by atoms with E-state index >= 15 is 0 Å². The molecular weight excluding hydrogens is 94.0 g/mol. The smallest absolute Gasteiger partial charge is 0.0900 e. The van der Waals surface area contributed by atoms with Crippen LogP contribution in [0.2, 0.25) is 0 Å². The fraction of sp³-hybridized carbons (Fsp3) is 0.750. The predicted molar refractivity (Wildman–Crippen MR) is 23.3 cm³/mol. The van der Waals surface area contributed by atoms with Gasteiger partial charge < -0.3 is 10.2 Å². The van der Waals surface area contributed by atoms with Crippen LogP contribution in [0, 0.1) is 11.3 Å². The van der Waals surface area contributed by atoms with E-state index in [2.05, 4.69) is 0 Å². The van der Waals surface area contributed by atoms with Crippen molar-refractivity contribution < 1.29 is 10.2 Å². The number of aliphatic hydroxyl groups excluding tert-OH is 2. The van der Waals surface area contributed by atoms with Crippen LogP contribution in [0.4, 0.5) is 0 Å². The van der Waals surface area contributed by atoms with Gasteiger partial charge in [0.05, 0.1) is 25.2 Å². The highest BCUT2D eigenvalue weighted by Crippen LogP contribution is 1.83. The molecule has 0 unspecified atom stereocenters. The van der Waals surface area contributed by atoms with E-state index in [4.69, 9.17) is 15.5 Å². The lowest BCUT2D eigenvalue weighted by atomic mass is 10.3. The van der Waals surface area contributed by atoms with Crippen molar-refractivity contribution in [3.63, 3.8) is 0 Å². The van der Waals surface area contributed by atoms with E-state index in [0.717, 1.165) is 0 Å². The summed E-state index contributed by atoms with van der Waals surface area (Å²) in [7, 11) is 0. The van der Waals surface area contributed by atoms with Crippen LogP contribution in [-0.4, -0.2) is 22.9 Å². The Morgan fingerprint density at radius 3 is 2.43 bits per heavy atom. The molecule has 0 aromatic heterocycles. The fourth-order valence-electron chi connectivity index (χ4n) is 0.170. The van der Waals surface area contributed by atoms with Gasteiger partial charge in [0.1, 0.15) is 0 Å². The minimum atomic E-state index is -0.856. The van der Waals surface area contributed by atoms with Crippen LogP contribution in [-0.2, 0) is 0 Å². The second-order valence-electron chi connectivity index (χ2n) is 1.20. The average Bonchev–Trinajstić information content (AvgIpc) is 1.68. The summed E-state index contributed by atoms with van der Waals surface area (Å²) < 4.78 is 0. The van der Waals surface area contributed by atoms with Crippen LogP contribution >= 0.6 is 0 Å². The zero-order valence-electron chi connectivity index (χ0n) is 3.83. The van der Waals surface area contributed by atoms with Crippen molar-refractivity contribution >= 4 is 0 Å². The standard InChI is InChI=1S/C4H7NO2/c5-2-1-4(7)3-6/h4,6-7H,1,3H2/t4-/m0/s1. The van der Waals surface area contributed by atoms with Gasteiger partial charge in [-0.15, -0.1) is 0 Å². The minimum Gasteiger partial charge on any atom is -0.394 e. The molecule has 0 aromatic carbocycles. The van der Waals surface area contributed by atoms with Crippen LogP contribution in [0.1, 0.15) is 6.42 Å². The monoisotopic (exact) mass is 101 g/mol. The molecule has 0 saturated carbocycles. The average molecular weight is 101 g/mol. The summed E-state index contributed by atoms with van der Waals surface area (Å²) in [4.78, 5) is 0. The summed E-state index contributed by atoms with van der Waals surface area (Å²) in [5, 5.41) is 24.3. The molecule has 0 bridgehead atoms. The summed E-state index contributed by atoms with van der Waals surface area (Å²) in [5.41, 5.74) is 0. The van der Waals surface area contributed by atoms with Crippen molar-refractivity contribution in [2.45, 2.75) is 12.5 Å². The largest absolute Gasteiger partial charge is 0.394 e. The fourth-order valence-corrected chi connectivity index (χ4v) is 0.170. The molecule has 0 aliphatic heterocycles. The van der Waals surface area contributed by atoms with Crippen molar-refractivity contribution in [3.8, 4) is 6.07 Å². The Balaban J connectivity index is 3.03. The normalized spacial score (nSPS) is 12.7. The van der Waals surface area contributed by atoms with Gasteiger partial charge in [0.15, 0.2) is 0 Å². The number of hydrogen-bond acceptors (Lipinski definition) is 3. The first-order valence-electron chi connectivity index (χ1n) is 1.97. The maximum atomic E-state index is 8.39. The van der Waals surface area contributed by atoms with Gasteiger partial charge in [0, 0.05) is 0 Å². The van der Waals surface area contributed by atoms with Gasteiger partial charge in [-0.1, -0.05) is 0 Å². The molecule has 0 saturated heterocycles. The molecule has 1 atom stereocenters. The van der Waals surface area contributed by atoms with E-state index in [1.165, 1.54) is 0 Å². The van der Waals surface area contributed by atoms with Crippen molar-refractivity contribution in [3.05, 3.63) is 0 Å². The maximum Gasteiger partial charge on any atom is 0.0900 e. The summed E-state index contributed by atoms with van der Waals surface area (Å²) >= 11 is 0. The molecule has 0 fully saturated rings. The van der Waals surface area contributed by atoms with Gasteiger partial charge in [0.25, 0.3) is 0 Å². The molecular formula is C4H7NO2. The van der Waals surface area contributed by atoms with Gasteiger partial charge >= 0.3 is 0 Å². The van der Waals surface area contributed by atoms with E-state index in [-0.39, 0.29) is 13.0 Å². The van der Waals surface area contributed by atoms with Crippen LogP contribution in [0.15, 0.2) is 0 Å². The first-order valence-corrected chi connectivity index (χ1v) is 1.97. The van der Waals surface area contributed by atoms with E-state index < -0.39 is 6.10 Å². The third kappa shape index (κ3) is 3.23. The van der Waals surface area contributed by atoms with E-state index in [0.29, 0.717) is 0 Å². The molecule has 0 aromatic rings. The van der Waals surface area contributed by atoms with Crippen molar-refractivity contribution in [2.24, 2.45) is 0 Å². The molecule has 7 heavy (non-hydrogen) atoms. The van der Waals surface area contributed by atoms with Gasteiger partial charge in [-0.25, -0.2) is 0 Å². The van der Waals surface area contributed by atoms with Gasteiger partial charge in [-0.05, 0) is 0 Å². The quantitative estimate of drug-likeness (QED) is 0.481.